The van der Waals surface area contributed by atoms with Crippen LogP contribution in [0.1, 0.15) is 16.1 Å². The van der Waals surface area contributed by atoms with Crippen molar-refractivity contribution in [2.24, 2.45) is 0 Å². The number of nitrogens with zero attached hydrogens (tertiary/aromatic N) is 4. The van der Waals surface area contributed by atoms with Crippen LogP contribution in [0, 0.1) is 11.6 Å². The zero-order valence-corrected chi connectivity index (χ0v) is 15.4. The summed E-state index contributed by atoms with van der Waals surface area (Å²) in [5.74, 6) is -2.22. The first-order valence-electron chi connectivity index (χ1n) is 8.35. The minimum absolute atomic E-state index is 0.261. The van der Waals surface area contributed by atoms with Gasteiger partial charge >= 0.3 is 0 Å². The number of pyridine rings is 1. The van der Waals surface area contributed by atoms with Crippen molar-refractivity contribution >= 4 is 17.4 Å². The highest BCUT2D eigenvalue weighted by atomic mass is 35.5. The van der Waals surface area contributed by atoms with Crippen molar-refractivity contribution < 1.29 is 18.0 Å². The fourth-order valence-corrected chi connectivity index (χ4v) is 2.96. The number of carbonyl (C=O) groups is 1. The average molecular weight is 413 g/mol. The Labute approximate surface area is 168 Å². The minimum atomic E-state index is -1.02. The van der Waals surface area contributed by atoms with E-state index in [2.05, 4.69) is 19.9 Å². The predicted octanol–water partition coefficient (Wildman–Crippen LogP) is 4.55. The average Bonchev–Trinajstić information content (AvgIpc) is 3.24. The number of halogens is 3. The van der Waals surface area contributed by atoms with E-state index in [9.17, 15) is 13.6 Å². The number of benzene rings is 1. The van der Waals surface area contributed by atoms with Crippen molar-refractivity contribution in [1.29, 1.82) is 0 Å². The standard InChI is InChI=1S/C20H11ClF2N4O2/c21-14-2-1-11(19-9-25-10-29-19)3-13(14)17-8-26-12(5-27-17)4-18(28)20-15(22)6-24-7-16(20)23/h1-3,5-10H,4H2. The lowest BCUT2D eigenvalue weighted by Crippen LogP contribution is -2.11. The van der Waals surface area contributed by atoms with Crippen LogP contribution in [-0.4, -0.2) is 25.7 Å². The summed E-state index contributed by atoms with van der Waals surface area (Å²) in [5, 5.41) is 0.451. The minimum Gasteiger partial charge on any atom is -0.444 e. The van der Waals surface area contributed by atoms with E-state index in [-0.39, 0.29) is 12.1 Å². The van der Waals surface area contributed by atoms with Gasteiger partial charge in [-0.25, -0.2) is 13.8 Å². The molecule has 0 fully saturated rings. The first-order valence-corrected chi connectivity index (χ1v) is 8.72. The smallest absolute Gasteiger partial charge is 0.181 e. The molecular weight excluding hydrogens is 402 g/mol. The first-order chi connectivity index (χ1) is 14.0. The van der Waals surface area contributed by atoms with Gasteiger partial charge in [-0.2, -0.15) is 0 Å². The van der Waals surface area contributed by atoms with Crippen molar-refractivity contribution in [2.75, 3.05) is 0 Å². The van der Waals surface area contributed by atoms with Gasteiger partial charge in [-0.15, -0.1) is 0 Å². The van der Waals surface area contributed by atoms with Crippen LogP contribution in [0.4, 0.5) is 8.78 Å². The number of aromatic nitrogens is 4. The summed E-state index contributed by atoms with van der Waals surface area (Å²) in [4.78, 5) is 27.9. The zero-order chi connectivity index (χ0) is 20.4. The number of Topliss-reactive ketones (excluding diaryl/α,β-unsaturated/α-hetero) is 1. The summed E-state index contributed by atoms with van der Waals surface area (Å²) in [6.45, 7) is 0. The monoisotopic (exact) mass is 412 g/mol. The molecule has 0 spiro atoms. The van der Waals surface area contributed by atoms with Crippen LogP contribution in [0.15, 0.2) is 60.0 Å². The molecule has 29 heavy (non-hydrogen) atoms. The second kappa shape index (κ2) is 7.84. The van der Waals surface area contributed by atoms with Crippen molar-refractivity contribution in [2.45, 2.75) is 6.42 Å². The number of hydrogen-bond acceptors (Lipinski definition) is 6. The first kappa shape index (κ1) is 18.8. The molecule has 9 heteroatoms. The SMILES string of the molecule is O=C(Cc1cnc(-c2cc(-c3cnco3)ccc2Cl)cn1)c1c(F)cncc1F. The second-order valence-electron chi connectivity index (χ2n) is 6.03. The molecule has 0 saturated carbocycles. The maximum absolute atomic E-state index is 13.7. The Bertz CT molecular complexity index is 1160. The van der Waals surface area contributed by atoms with E-state index in [0.29, 0.717) is 22.0 Å². The van der Waals surface area contributed by atoms with Gasteiger partial charge in [0.05, 0.1) is 53.2 Å². The third kappa shape index (κ3) is 3.88. The molecule has 0 N–H and O–H groups in total. The Balaban J connectivity index is 1.59. The Morgan fingerprint density at radius 3 is 2.45 bits per heavy atom. The second-order valence-corrected chi connectivity index (χ2v) is 6.44. The predicted molar refractivity (Wildman–Crippen MR) is 100 cm³/mol. The molecule has 3 aromatic heterocycles. The largest absolute Gasteiger partial charge is 0.444 e. The summed E-state index contributed by atoms with van der Waals surface area (Å²) in [6, 6.07) is 5.26. The van der Waals surface area contributed by atoms with E-state index in [1.54, 1.807) is 24.4 Å². The van der Waals surface area contributed by atoms with Crippen molar-refractivity contribution in [1.82, 2.24) is 19.9 Å². The van der Waals surface area contributed by atoms with Crippen LogP contribution in [0.3, 0.4) is 0 Å². The molecule has 0 bridgehead atoms. The molecule has 0 unspecified atom stereocenters. The molecule has 0 aliphatic heterocycles. The molecule has 0 aliphatic rings. The molecule has 0 radical (unpaired) electrons. The molecule has 0 atom stereocenters. The van der Waals surface area contributed by atoms with Gasteiger partial charge in [0.1, 0.15) is 0 Å². The Kier molecular flexibility index (Phi) is 5.09. The lowest BCUT2D eigenvalue weighted by atomic mass is 10.1. The van der Waals surface area contributed by atoms with Gasteiger partial charge < -0.3 is 4.42 Å². The Morgan fingerprint density at radius 2 is 1.79 bits per heavy atom. The fraction of sp³-hybridized carbons (Fsp3) is 0.0500. The van der Waals surface area contributed by atoms with Gasteiger partial charge in [0.2, 0.25) is 0 Å². The molecule has 144 valence electrons. The highest BCUT2D eigenvalue weighted by molar-refractivity contribution is 6.33. The van der Waals surface area contributed by atoms with Crippen LogP contribution in [0.5, 0.6) is 0 Å². The van der Waals surface area contributed by atoms with E-state index in [4.69, 9.17) is 16.0 Å². The normalized spacial score (nSPS) is 10.9. The number of ketones is 1. The van der Waals surface area contributed by atoms with Gasteiger partial charge in [0.25, 0.3) is 0 Å². The topological polar surface area (TPSA) is 81.8 Å². The quantitative estimate of drug-likeness (QED) is 0.447. The third-order valence-corrected chi connectivity index (χ3v) is 4.47. The summed E-state index contributed by atoms with van der Waals surface area (Å²) < 4.78 is 32.7. The summed E-state index contributed by atoms with van der Waals surface area (Å²) >= 11 is 6.27. The molecule has 0 saturated heterocycles. The summed E-state index contributed by atoms with van der Waals surface area (Å²) in [7, 11) is 0. The van der Waals surface area contributed by atoms with Gasteiger partial charge in [0.15, 0.2) is 29.6 Å². The van der Waals surface area contributed by atoms with Gasteiger partial charge in [0, 0.05) is 17.3 Å². The van der Waals surface area contributed by atoms with E-state index < -0.39 is 23.0 Å². The molecule has 4 aromatic rings. The third-order valence-electron chi connectivity index (χ3n) is 4.14. The molecule has 0 amide bonds. The van der Waals surface area contributed by atoms with Crippen molar-refractivity contribution in [3.8, 4) is 22.6 Å². The lowest BCUT2D eigenvalue weighted by Gasteiger charge is -2.07. The van der Waals surface area contributed by atoms with Crippen LogP contribution >= 0.6 is 11.6 Å². The van der Waals surface area contributed by atoms with E-state index >= 15 is 0 Å². The number of rotatable bonds is 5. The molecule has 1 aromatic carbocycles. The van der Waals surface area contributed by atoms with Gasteiger partial charge in [-0.1, -0.05) is 11.6 Å². The van der Waals surface area contributed by atoms with Gasteiger partial charge in [-0.3, -0.25) is 19.7 Å². The molecule has 6 nitrogen and oxygen atoms in total. The van der Waals surface area contributed by atoms with Crippen molar-refractivity contribution in [3.63, 3.8) is 0 Å². The van der Waals surface area contributed by atoms with E-state index in [0.717, 1.165) is 18.0 Å². The van der Waals surface area contributed by atoms with E-state index in [1.165, 1.54) is 18.8 Å². The number of carbonyl (C=O) groups excluding carboxylic acids is 1. The lowest BCUT2D eigenvalue weighted by molar-refractivity contribution is 0.0983. The van der Waals surface area contributed by atoms with Crippen LogP contribution < -0.4 is 0 Å². The molecule has 0 aliphatic carbocycles. The number of oxazole rings is 1. The summed E-state index contributed by atoms with van der Waals surface area (Å²) in [6.07, 6.45) is 6.96. The van der Waals surface area contributed by atoms with Crippen LogP contribution in [0.25, 0.3) is 22.6 Å². The maximum Gasteiger partial charge on any atom is 0.181 e. The highest BCUT2D eigenvalue weighted by Gasteiger charge is 2.19. The van der Waals surface area contributed by atoms with Crippen molar-refractivity contribution in [3.05, 3.63) is 83.5 Å². The van der Waals surface area contributed by atoms with E-state index in [1.807, 2.05) is 0 Å². The Hall–Kier alpha value is -3.52. The molecular formula is C20H11ClF2N4O2. The van der Waals surface area contributed by atoms with Gasteiger partial charge in [-0.05, 0) is 18.2 Å². The Morgan fingerprint density at radius 1 is 1.00 bits per heavy atom. The molecule has 3 heterocycles. The fourth-order valence-electron chi connectivity index (χ4n) is 2.75. The zero-order valence-electron chi connectivity index (χ0n) is 14.6. The van der Waals surface area contributed by atoms with Crippen LogP contribution in [0.2, 0.25) is 5.02 Å². The highest BCUT2D eigenvalue weighted by Crippen LogP contribution is 2.31. The molecule has 4 rings (SSSR count). The number of hydrogen-bond donors (Lipinski definition) is 0. The van der Waals surface area contributed by atoms with Crippen LogP contribution in [-0.2, 0) is 6.42 Å². The maximum atomic E-state index is 13.7. The summed E-state index contributed by atoms with van der Waals surface area (Å²) in [5.41, 5.74) is 1.45.